The number of ether oxygens (including phenoxy) is 1. The molecule has 1 aromatic rings. The third-order valence-corrected chi connectivity index (χ3v) is 6.07. The SMILES string of the molecule is C=C1CCCC(C)(C)C1C(=O)CC(C)C(C)C(=O)c1ccc(OCC)cc1. The molecule has 27 heavy (non-hydrogen) atoms. The maximum absolute atomic E-state index is 13.0. The van der Waals surface area contributed by atoms with Gasteiger partial charge in [0.25, 0.3) is 0 Å². The molecule has 3 unspecified atom stereocenters. The first-order valence-electron chi connectivity index (χ1n) is 10.1. The molecular formula is C24H34O3. The van der Waals surface area contributed by atoms with Gasteiger partial charge < -0.3 is 4.74 Å². The summed E-state index contributed by atoms with van der Waals surface area (Å²) in [5.41, 5.74) is 1.70. The normalized spacial score (nSPS) is 21.4. The van der Waals surface area contributed by atoms with Crippen LogP contribution in [0.4, 0.5) is 0 Å². The number of carbonyl (C=O) groups excluding carboxylic acids is 2. The largest absolute Gasteiger partial charge is 0.494 e. The lowest BCUT2D eigenvalue weighted by Crippen LogP contribution is -2.37. The molecule has 2 rings (SSSR count). The summed E-state index contributed by atoms with van der Waals surface area (Å²) < 4.78 is 5.43. The number of Topliss-reactive ketones (excluding diaryl/α,β-unsaturated/α-hetero) is 2. The number of hydrogen-bond acceptors (Lipinski definition) is 3. The van der Waals surface area contributed by atoms with Crippen molar-refractivity contribution in [3.05, 3.63) is 42.0 Å². The van der Waals surface area contributed by atoms with Gasteiger partial charge in [-0.1, -0.05) is 39.8 Å². The van der Waals surface area contributed by atoms with E-state index < -0.39 is 0 Å². The minimum Gasteiger partial charge on any atom is -0.494 e. The van der Waals surface area contributed by atoms with Gasteiger partial charge in [0.05, 0.1) is 6.61 Å². The van der Waals surface area contributed by atoms with E-state index in [-0.39, 0.29) is 34.7 Å². The van der Waals surface area contributed by atoms with Crippen LogP contribution in [0.5, 0.6) is 5.75 Å². The van der Waals surface area contributed by atoms with Crippen molar-refractivity contribution in [1.29, 1.82) is 0 Å². The molecule has 0 aliphatic heterocycles. The first-order valence-corrected chi connectivity index (χ1v) is 10.1. The Morgan fingerprint density at radius 2 is 1.85 bits per heavy atom. The first-order chi connectivity index (χ1) is 12.7. The Kier molecular flexibility index (Phi) is 7.02. The summed E-state index contributed by atoms with van der Waals surface area (Å²) in [4.78, 5) is 25.9. The molecule has 3 atom stereocenters. The van der Waals surface area contributed by atoms with Gasteiger partial charge in [0, 0.05) is 23.8 Å². The highest BCUT2D eigenvalue weighted by atomic mass is 16.5. The Morgan fingerprint density at radius 3 is 2.41 bits per heavy atom. The maximum Gasteiger partial charge on any atom is 0.165 e. The molecule has 1 saturated carbocycles. The van der Waals surface area contributed by atoms with Crippen LogP contribution in [0.1, 0.15) is 70.7 Å². The number of benzene rings is 1. The van der Waals surface area contributed by atoms with Crippen molar-refractivity contribution in [3.63, 3.8) is 0 Å². The predicted octanol–water partition coefficient (Wildman–Crippen LogP) is 5.88. The maximum atomic E-state index is 13.0. The molecule has 0 aromatic heterocycles. The zero-order valence-corrected chi connectivity index (χ0v) is 17.5. The van der Waals surface area contributed by atoms with Gasteiger partial charge in [0.2, 0.25) is 0 Å². The fourth-order valence-electron chi connectivity index (χ4n) is 4.29. The molecule has 0 N–H and O–H groups in total. The van der Waals surface area contributed by atoms with E-state index in [2.05, 4.69) is 20.4 Å². The zero-order chi connectivity index (χ0) is 20.2. The Hall–Kier alpha value is -1.90. The van der Waals surface area contributed by atoms with Crippen LogP contribution in [0.15, 0.2) is 36.4 Å². The van der Waals surface area contributed by atoms with Crippen molar-refractivity contribution < 1.29 is 14.3 Å². The van der Waals surface area contributed by atoms with Gasteiger partial charge in [-0.25, -0.2) is 0 Å². The molecule has 0 amide bonds. The summed E-state index contributed by atoms with van der Waals surface area (Å²) in [6.07, 6.45) is 3.53. The molecule has 148 valence electrons. The van der Waals surface area contributed by atoms with Crippen molar-refractivity contribution in [2.24, 2.45) is 23.2 Å². The topological polar surface area (TPSA) is 43.4 Å². The summed E-state index contributed by atoms with van der Waals surface area (Å²) in [6.45, 7) is 15.0. The van der Waals surface area contributed by atoms with Crippen LogP contribution in [0, 0.1) is 23.2 Å². The molecule has 0 heterocycles. The molecule has 3 heteroatoms. The smallest absolute Gasteiger partial charge is 0.165 e. The third-order valence-electron chi connectivity index (χ3n) is 6.07. The fraction of sp³-hybridized carbons (Fsp3) is 0.583. The summed E-state index contributed by atoms with van der Waals surface area (Å²) in [5, 5.41) is 0. The lowest BCUT2D eigenvalue weighted by atomic mass is 9.64. The van der Waals surface area contributed by atoms with Crippen LogP contribution in [0.2, 0.25) is 0 Å². The zero-order valence-electron chi connectivity index (χ0n) is 17.5. The first kappa shape index (κ1) is 21.4. The number of rotatable bonds is 8. The van der Waals surface area contributed by atoms with E-state index in [1.807, 2.05) is 45.0 Å². The standard InChI is InChI=1S/C24H34O3/c1-7-27-20-12-10-19(11-13-20)23(26)18(4)17(3)15-21(25)22-16(2)9-8-14-24(22,5)6/h10-13,17-18,22H,2,7-9,14-15H2,1,3-6H3. The lowest BCUT2D eigenvalue weighted by Gasteiger charge is -2.39. The number of hydrogen-bond donors (Lipinski definition) is 0. The molecule has 1 aliphatic carbocycles. The Morgan fingerprint density at radius 1 is 1.22 bits per heavy atom. The van der Waals surface area contributed by atoms with Crippen molar-refractivity contribution >= 4 is 11.6 Å². The highest BCUT2D eigenvalue weighted by Crippen LogP contribution is 2.44. The van der Waals surface area contributed by atoms with Crippen LogP contribution >= 0.6 is 0 Å². The second-order valence-electron chi connectivity index (χ2n) is 8.69. The Balaban J connectivity index is 2.03. The molecule has 1 aromatic carbocycles. The van der Waals surface area contributed by atoms with Crippen LogP contribution in [0.25, 0.3) is 0 Å². The monoisotopic (exact) mass is 370 g/mol. The molecule has 3 nitrogen and oxygen atoms in total. The van der Waals surface area contributed by atoms with Crippen LogP contribution in [0.3, 0.4) is 0 Å². The Bertz CT molecular complexity index is 684. The Labute approximate surface area is 164 Å². The molecule has 0 saturated heterocycles. The fourth-order valence-corrected chi connectivity index (χ4v) is 4.29. The van der Waals surface area contributed by atoms with Crippen LogP contribution in [-0.2, 0) is 4.79 Å². The van der Waals surface area contributed by atoms with E-state index >= 15 is 0 Å². The van der Waals surface area contributed by atoms with Gasteiger partial charge in [-0.2, -0.15) is 0 Å². The van der Waals surface area contributed by atoms with E-state index in [4.69, 9.17) is 4.74 Å². The van der Waals surface area contributed by atoms with Gasteiger partial charge in [-0.3, -0.25) is 9.59 Å². The summed E-state index contributed by atoms with van der Waals surface area (Å²) in [5.74, 6) is 0.807. The van der Waals surface area contributed by atoms with E-state index in [1.54, 1.807) is 0 Å². The van der Waals surface area contributed by atoms with Gasteiger partial charge in [-0.05, 0) is 61.8 Å². The minimum atomic E-state index is -0.202. The molecule has 0 spiro atoms. The summed E-state index contributed by atoms with van der Waals surface area (Å²) >= 11 is 0. The van der Waals surface area contributed by atoms with E-state index in [0.717, 1.165) is 30.6 Å². The van der Waals surface area contributed by atoms with Crippen molar-refractivity contribution in [2.75, 3.05) is 6.61 Å². The number of ketones is 2. The quantitative estimate of drug-likeness (QED) is 0.424. The van der Waals surface area contributed by atoms with Gasteiger partial charge in [0.1, 0.15) is 11.5 Å². The summed E-state index contributed by atoms with van der Waals surface area (Å²) in [7, 11) is 0. The number of carbonyl (C=O) groups is 2. The average Bonchev–Trinajstić information content (AvgIpc) is 2.60. The molecule has 1 fully saturated rings. The molecule has 1 aliphatic rings. The van der Waals surface area contributed by atoms with E-state index in [9.17, 15) is 9.59 Å². The average molecular weight is 371 g/mol. The highest BCUT2D eigenvalue weighted by molar-refractivity contribution is 5.98. The van der Waals surface area contributed by atoms with Crippen LogP contribution < -0.4 is 4.74 Å². The molecule has 0 radical (unpaired) electrons. The van der Waals surface area contributed by atoms with Crippen LogP contribution in [-0.4, -0.2) is 18.2 Å². The van der Waals surface area contributed by atoms with Crippen molar-refractivity contribution in [2.45, 2.75) is 60.3 Å². The van der Waals surface area contributed by atoms with E-state index in [0.29, 0.717) is 18.6 Å². The molecule has 0 bridgehead atoms. The molecular weight excluding hydrogens is 336 g/mol. The van der Waals surface area contributed by atoms with Gasteiger partial charge in [0.15, 0.2) is 5.78 Å². The number of allylic oxidation sites excluding steroid dienone is 1. The third kappa shape index (κ3) is 5.09. The second-order valence-corrected chi connectivity index (χ2v) is 8.69. The highest BCUT2D eigenvalue weighted by Gasteiger charge is 2.40. The predicted molar refractivity (Wildman–Crippen MR) is 110 cm³/mol. The van der Waals surface area contributed by atoms with Crippen molar-refractivity contribution in [1.82, 2.24) is 0 Å². The van der Waals surface area contributed by atoms with Crippen molar-refractivity contribution in [3.8, 4) is 5.75 Å². The van der Waals surface area contributed by atoms with Gasteiger partial charge in [-0.15, -0.1) is 0 Å². The minimum absolute atomic E-state index is 0.00194. The van der Waals surface area contributed by atoms with Gasteiger partial charge >= 0.3 is 0 Å². The lowest BCUT2D eigenvalue weighted by molar-refractivity contribution is -0.126. The van der Waals surface area contributed by atoms with E-state index in [1.165, 1.54) is 0 Å². The summed E-state index contributed by atoms with van der Waals surface area (Å²) in [6, 6.07) is 7.27. The second kappa shape index (κ2) is 8.86.